The molecule has 0 atom stereocenters. The van der Waals surface area contributed by atoms with Gasteiger partial charge in [-0.15, -0.1) is 0 Å². The minimum absolute atomic E-state index is 0.119. The zero-order valence-corrected chi connectivity index (χ0v) is 13.4. The summed E-state index contributed by atoms with van der Waals surface area (Å²) < 4.78 is 15.5. The minimum atomic E-state index is -0.593. The average Bonchev–Trinajstić information content (AvgIpc) is 3.27. The van der Waals surface area contributed by atoms with Crippen molar-refractivity contribution in [2.24, 2.45) is 5.92 Å². The van der Waals surface area contributed by atoms with Gasteiger partial charge >= 0.3 is 11.9 Å². The van der Waals surface area contributed by atoms with E-state index in [-0.39, 0.29) is 11.7 Å². The van der Waals surface area contributed by atoms with Crippen molar-refractivity contribution in [3.63, 3.8) is 0 Å². The predicted molar refractivity (Wildman–Crippen MR) is 86.9 cm³/mol. The van der Waals surface area contributed by atoms with Gasteiger partial charge in [0.2, 0.25) is 5.76 Å². The van der Waals surface area contributed by atoms with E-state index in [4.69, 9.17) is 13.9 Å². The Hall–Kier alpha value is -2.56. The quantitative estimate of drug-likeness (QED) is 0.582. The average molecular weight is 328 g/mol. The largest absolute Gasteiger partial charge is 0.457 e. The Morgan fingerprint density at radius 3 is 2.50 bits per heavy atom. The predicted octanol–water partition coefficient (Wildman–Crippen LogP) is 4.37. The molecule has 5 nitrogen and oxygen atoms in total. The van der Waals surface area contributed by atoms with E-state index in [0.29, 0.717) is 23.8 Å². The third-order valence-electron chi connectivity index (χ3n) is 4.20. The van der Waals surface area contributed by atoms with Crippen LogP contribution in [-0.4, -0.2) is 11.9 Å². The van der Waals surface area contributed by atoms with Crippen LogP contribution in [-0.2, 0) is 4.79 Å². The summed E-state index contributed by atoms with van der Waals surface area (Å²) in [6.07, 6.45) is 7.66. The number of rotatable bonds is 6. The number of esters is 2. The summed E-state index contributed by atoms with van der Waals surface area (Å²) in [5.74, 6) is 0.599. The van der Waals surface area contributed by atoms with Crippen molar-refractivity contribution < 1.29 is 23.5 Å². The second-order valence-electron chi connectivity index (χ2n) is 6.00. The van der Waals surface area contributed by atoms with Crippen LogP contribution in [0.3, 0.4) is 0 Å². The van der Waals surface area contributed by atoms with Gasteiger partial charge in [0.05, 0.1) is 6.26 Å². The molecule has 0 spiro atoms. The van der Waals surface area contributed by atoms with Crippen molar-refractivity contribution >= 4 is 11.9 Å². The van der Waals surface area contributed by atoms with Crippen LogP contribution in [0, 0.1) is 5.92 Å². The molecule has 24 heavy (non-hydrogen) atoms. The Labute approximate surface area is 140 Å². The van der Waals surface area contributed by atoms with E-state index in [0.717, 1.165) is 6.42 Å². The van der Waals surface area contributed by atoms with Gasteiger partial charge < -0.3 is 13.9 Å². The molecule has 1 aliphatic carbocycles. The van der Waals surface area contributed by atoms with Gasteiger partial charge in [-0.1, -0.05) is 31.7 Å². The molecule has 0 amide bonds. The SMILES string of the molecule is O=C(CCC1CCCC1)Oc1cccc(OC(=O)c2ccco2)c1. The van der Waals surface area contributed by atoms with Gasteiger partial charge in [-0.3, -0.25) is 4.79 Å². The topological polar surface area (TPSA) is 65.7 Å². The first-order valence-electron chi connectivity index (χ1n) is 8.27. The molecule has 5 heteroatoms. The molecular weight excluding hydrogens is 308 g/mol. The fourth-order valence-electron chi connectivity index (χ4n) is 2.96. The molecule has 1 aromatic heterocycles. The van der Waals surface area contributed by atoms with E-state index in [9.17, 15) is 9.59 Å². The summed E-state index contributed by atoms with van der Waals surface area (Å²) in [5.41, 5.74) is 0. The van der Waals surface area contributed by atoms with Gasteiger partial charge in [0.25, 0.3) is 0 Å². The summed E-state index contributed by atoms with van der Waals surface area (Å²) >= 11 is 0. The van der Waals surface area contributed by atoms with Gasteiger partial charge in [0.1, 0.15) is 11.5 Å². The Bertz CT molecular complexity index is 684. The zero-order valence-electron chi connectivity index (χ0n) is 13.4. The lowest BCUT2D eigenvalue weighted by atomic mass is 10.0. The molecule has 0 unspecified atom stereocenters. The molecule has 3 rings (SSSR count). The van der Waals surface area contributed by atoms with Crippen LogP contribution in [0.15, 0.2) is 47.1 Å². The number of hydrogen-bond donors (Lipinski definition) is 0. The maximum absolute atomic E-state index is 11.9. The third-order valence-corrected chi connectivity index (χ3v) is 4.20. The fraction of sp³-hybridized carbons (Fsp3) is 0.368. The monoisotopic (exact) mass is 328 g/mol. The van der Waals surface area contributed by atoms with Gasteiger partial charge in [-0.25, -0.2) is 4.79 Å². The molecule has 0 aliphatic heterocycles. The van der Waals surface area contributed by atoms with Crippen molar-refractivity contribution in [2.45, 2.75) is 38.5 Å². The molecular formula is C19H20O5. The van der Waals surface area contributed by atoms with E-state index in [1.54, 1.807) is 24.3 Å². The van der Waals surface area contributed by atoms with Crippen LogP contribution in [0.2, 0.25) is 0 Å². The van der Waals surface area contributed by atoms with E-state index < -0.39 is 5.97 Å². The maximum Gasteiger partial charge on any atom is 0.379 e. The van der Waals surface area contributed by atoms with Gasteiger partial charge in [0, 0.05) is 12.5 Å². The van der Waals surface area contributed by atoms with Crippen LogP contribution in [0.1, 0.15) is 49.1 Å². The van der Waals surface area contributed by atoms with Crippen LogP contribution in [0.25, 0.3) is 0 Å². The molecule has 0 saturated heterocycles. The molecule has 0 radical (unpaired) electrons. The summed E-state index contributed by atoms with van der Waals surface area (Å²) in [5, 5.41) is 0. The number of hydrogen-bond acceptors (Lipinski definition) is 5. The Morgan fingerprint density at radius 2 is 1.79 bits per heavy atom. The highest BCUT2D eigenvalue weighted by molar-refractivity contribution is 5.88. The summed E-state index contributed by atoms with van der Waals surface area (Å²) in [4.78, 5) is 23.8. The number of benzene rings is 1. The fourth-order valence-corrected chi connectivity index (χ4v) is 2.96. The second kappa shape index (κ2) is 7.81. The Balaban J connectivity index is 1.52. The number of furan rings is 1. The molecule has 1 fully saturated rings. The minimum Gasteiger partial charge on any atom is -0.457 e. The highest BCUT2D eigenvalue weighted by atomic mass is 16.6. The molecule has 0 N–H and O–H groups in total. The maximum atomic E-state index is 11.9. The lowest BCUT2D eigenvalue weighted by molar-refractivity contribution is -0.134. The van der Waals surface area contributed by atoms with E-state index >= 15 is 0 Å². The van der Waals surface area contributed by atoms with Gasteiger partial charge in [-0.2, -0.15) is 0 Å². The third kappa shape index (κ3) is 4.47. The van der Waals surface area contributed by atoms with Crippen molar-refractivity contribution in [3.8, 4) is 11.5 Å². The Morgan fingerprint density at radius 1 is 1.04 bits per heavy atom. The lowest BCUT2D eigenvalue weighted by Crippen LogP contribution is -2.10. The standard InChI is InChI=1S/C19H20O5/c20-18(11-10-14-5-1-2-6-14)23-15-7-3-8-16(13-15)24-19(21)17-9-4-12-22-17/h3-4,7-9,12-14H,1-2,5-6,10-11H2. The molecule has 1 saturated carbocycles. The van der Waals surface area contributed by atoms with Crippen molar-refractivity contribution in [2.75, 3.05) is 0 Å². The molecule has 2 aromatic rings. The highest BCUT2D eigenvalue weighted by Crippen LogP contribution is 2.29. The zero-order chi connectivity index (χ0) is 16.8. The van der Waals surface area contributed by atoms with E-state index in [1.165, 1.54) is 44.1 Å². The van der Waals surface area contributed by atoms with Crippen molar-refractivity contribution in [1.82, 2.24) is 0 Å². The number of ether oxygens (including phenoxy) is 2. The van der Waals surface area contributed by atoms with Crippen LogP contribution < -0.4 is 9.47 Å². The van der Waals surface area contributed by atoms with Crippen LogP contribution >= 0.6 is 0 Å². The van der Waals surface area contributed by atoms with Gasteiger partial charge in [-0.05, 0) is 36.6 Å². The number of carbonyl (C=O) groups is 2. The van der Waals surface area contributed by atoms with E-state index in [1.807, 2.05) is 0 Å². The molecule has 1 heterocycles. The Kier molecular flexibility index (Phi) is 5.31. The second-order valence-corrected chi connectivity index (χ2v) is 6.00. The smallest absolute Gasteiger partial charge is 0.379 e. The van der Waals surface area contributed by atoms with Gasteiger partial charge in [0.15, 0.2) is 0 Å². The molecule has 1 aromatic carbocycles. The van der Waals surface area contributed by atoms with Crippen molar-refractivity contribution in [1.29, 1.82) is 0 Å². The summed E-state index contributed by atoms with van der Waals surface area (Å²) in [7, 11) is 0. The summed E-state index contributed by atoms with van der Waals surface area (Å²) in [6, 6.07) is 9.61. The summed E-state index contributed by atoms with van der Waals surface area (Å²) in [6.45, 7) is 0. The van der Waals surface area contributed by atoms with E-state index in [2.05, 4.69) is 0 Å². The molecule has 0 bridgehead atoms. The number of carbonyl (C=O) groups excluding carboxylic acids is 2. The lowest BCUT2D eigenvalue weighted by Gasteiger charge is -2.09. The molecule has 1 aliphatic rings. The first kappa shape index (κ1) is 16.3. The van der Waals surface area contributed by atoms with Crippen LogP contribution in [0.4, 0.5) is 0 Å². The van der Waals surface area contributed by atoms with Crippen LogP contribution in [0.5, 0.6) is 11.5 Å². The normalized spacial score (nSPS) is 14.5. The first-order valence-corrected chi connectivity index (χ1v) is 8.27. The first-order chi connectivity index (χ1) is 11.7. The van der Waals surface area contributed by atoms with Crippen molar-refractivity contribution in [3.05, 3.63) is 48.4 Å². The molecule has 126 valence electrons. The highest BCUT2D eigenvalue weighted by Gasteiger charge is 2.17.